The molecular weight excluding hydrogens is 322 g/mol. The average Bonchev–Trinajstić information content (AvgIpc) is 2.48. The maximum Gasteiger partial charge on any atom is 0.244 e. The third-order valence-electron chi connectivity index (χ3n) is 3.96. The first-order valence-electron chi connectivity index (χ1n) is 7.08. The fourth-order valence-corrected chi connectivity index (χ4v) is 4.63. The molecule has 1 fully saturated rings. The van der Waals surface area contributed by atoms with Crippen LogP contribution in [-0.4, -0.2) is 43.4 Å². The molecule has 0 radical (unpaired) electrons. The number of hydrogen-bond acceptors (Lipinski definition) is 4. The fourth-order valence-electron chi connectivity index (χ4n) is 2.82. The summed E-state index contributed by atoms with van der Waals surface area (Å²) in [5.41, 5.74) is 1.74. The first kappa shape index (κ1) is 17.1. The zero-order valence-corrected chi connectivity index (χ0v) is 14.2. The lowest BCUT2D eigenvalue weighted by Crippen LogP contribution is -2.52. The Morgan fingerprint density at radius 3 is 2.82 bits per heavy atom. The minimum atomic E-state index is -3.50. The minimum Gasteiger partial charge on any atom is -0.314 e. The Morgan fingerprint density at radius 2 is 2.09 bits per heavy atom. The second-order valence-electron chi connectivity index (χ2n) is 5.45. The predicted octanol–water partition coefficient (Wildman–Crippen LogP) is 1.95. The Balaban J connectivity index is 0.00000176. The summed E-state index contributed by atoms with van der Waals surface area (Å²) in [6, 6.07) is 7.09. The van der Waals surface area contributed by atoms with Crippen LogP contribution in [0.2, 0.25) is 0 Å². The number of rotatable bonds is 2. The SMILES string of the molecule is Cc1ccc(S(=O)(=O)N2CCNCC2C)c2cccnc12.Cl. The fraction of sp³-hybridized carbons (Fsp3) is 0.400. The number of sulfonamides is 1. The van der Waals surface area contributed by atoms with Gasteiger partial charge in [-0.15, -0.1) is 12.4 Å². The van der Waals surface area contributed by atoms with Crippen LogP contribution in [0.15, 0.2) is 35.4 Å². The first-order chi connectivity index (χ1) is 10.0. The van der Waals surface area contributed by atoms with Crippen molar-refractivity contribution in [2.24, 2.45) is 0 Å². The molecule has 120 valence electrons. The van der Waals surface area contributed by atoms with E-state index in [0.717, 1.165) is 11.1 Å². The van der Waals surface area contributed by atoms with E-state index in [-0.39, 0.29) is 18.4 Å². The molecule has 1 aromatic carbocycles. The Morgan fingerprint density at radius 1 is 1.32 bits per heavy atom. The molecule has 1 N–H and O–H groups in total. The average molecular weight is 342 g/mol. The van der Waals surface area contributed by atoms with Crippen LogP contribution in [0.4, 0.5) is 0 Å². The maximum absolute atomic E-state index is 13.0. The molecule has 0 bridgehead atoms. The quantitative estimate of drug-likeness (QED) is 0.907. The van der Waals surface area contributed by atoms with Crippen molar-refractivity contribution in [2.45, 2.75) is 24.8 Å². The summed E-state index contributed by atoms with van der Waals surface area (Å²) in [7, 11) is -3.50. The number of hydrogen-bond donors (Lipinski definition) is 1. The van der Waals surface area contributed by atoms with E-state index in [1.807, 2.05) is 26.0 Å². The van der Waals surface area contributed by atoms with Crippen molar-refractivity contribution in [2.75, 3.05) is 19.6 Å². The first-order valence-corrected chi connectivity index (χ1v) is 8.53. The van der Waals surface area contributed by atoms with Gasteiger partial charge < -0.3 is 5.32 Å². The Hall–Kier alpha value is -1.21. The van der Waals surface area contributed by atoms with Gasteiger partial charge in [0.15, 0.2) is 0 Å². The van der Waals surface area contributed by atoms with Crippen molar-refractivity contribution < 1.29 is 8.42 Å². The van der Waals surface area contributed by atoms with Crippen LogP contribution in [0.3, 0.4) is 0 Å². The van der Waals surface area contributed by atoms with Gasteiger partial charge in [-0.25, -0.2) is 8.42 Å². The van der Waals surface area contributed by atoms with Gasteiger partial charge in [0.05, 0.1) is 10.4 Å². The minimum absolute atomic E-state index is 0. The summed E-state index contributed by atoms with van der Waals surface area (Å²) in [4.78, 5) is 4.68. The standard InChI is InChI=1S/C15H19N3O2S.ClH/c1-11-5-6-14(13-4-3-7-17-15(11)13)21(19,20)18-9-8-16-10-12(18)2;/h3-7,12,16H,8-10H2,1-2H3;1H. The van der Waals surface area contributed by atoms with Crippen molar-refractivity contribution in [3.8, 4) is 0 Å². The van der Waals surface area contributed by atoms with E-state index in [9.17, 15) is 8.42 Å². The van der Waals surface area contributed by atoms with Crippen LogP contribution >= 0.6 is 12.4 Å². The molecule has 22 heavy (non-hydrogen) atoms. The van der Waals surface area contributed by atoms with E-state index in [4.69, 9.17) is 0 Å². The normalized spacial score (nSPS) is 19.8. The van der Waals surface area contributed by atoms with Crippen LogP contribution in [0.5, 0.6) is 0 Å². The second kappa shape index (κ2) is 6.50. The van der Waals surface area contributed by atoms with Crippen molar-refractivity contribution >= 4 is 33.3 Å². The number of nitrogens with zero attached hydrogens (tertiary/aromatic N) is 2. The zero-order chi connectivity index (χ0) is 15.0. The lowest BCUT2D eigenvalue weighted by Gasteiger charge is -2.33. The van der Waals surface area contributed by atoms with E-state index in [1.165, 1.54) is 0 Å². The highest BCUT2D eigenvalue weighted by molar-refractivity contribution is 7.89. The molecule has 7 heteroatoms. The van der Waals surface area contributed by atoms with Gasteiger partial charge in [0.1, 0.15) is 0 Å². The molecule has 1 aliphatic heterocycles. The molecule has 1 aliphatic rings. The van der Waals surface area contributed by atoms with Crippen LogP contribution in [0.25, 0.3) is 10.9 Å². The molecule has 2 heterocycles. The number of nitrogens with one attached hydrogen (secondary N) is 1. The van der Waals surface area contributed by atoms with Crippen LogP contribution in [0.1, 0.15) is 12.5 Å². The number of piperazine rings is 1. The molecule has 0 spiro atoms. The smallest absolute Gasteiger partial charge is 0.244 e. The number of halogens is 1. The monoisotopic (exact) mass is 341 g/mol. The summed E-state index contributed by atoms with van der Waals surface area (Å²) in [6.45, 7) is 5.74. The summed E-state index contributed by atoms with van der Waals surface area (Å²) in [5.74, 6) is 0. The molecule has 0 aliphatic carbocycles. The molecule has 3 rings (SSSR count). The molecular formula is C15H20ClN3O2S. The van der Waals surface area contributed by atoms with Crippen LogP contribution in [0, 0.1) is 6.92 Å². The highest BCUT2D eigenvalue weighted by Gasteiger charge is 2.32. The molecule has 1 atom stereocenters. The van der Waals surface area contributed by atoms with E-state index in [2.05, 4.69) is 10.3 Å². The van der Waals surface area contributed by atoms with E-state index < -0.39 is 10.0 Å². The zero-order valence-electron chi connectivity index (χ0n) is 12.6. The number of fused-ring (bicyclic) bond motifs is 1. The third-order valence-corrected chi connectivity index (χ3v) is 6.03. The lowest BCUT2D eigenvalue weighted by atomic mass is 10.1. The Kier molecular flexibility index (Phi) is 5.07. The highest BCUT2D eigenvalue weighted by Crippen LogP contribution is 2.28. The molecule has 2 aromatic rings. The van der Waals surface area contributed by atoms with E-state index in [0.29, 0.717) is 29.9 Å². The van der Waals surface area contributed by atoms with Crippen molar-refractivity contribution in [3.05, 3.63) is 36.0 Å². The summed E-state index contributed by atoms with van der Waals surface area (Å²) < 4.78 is 27.6. The maximum atomic E-state index is 13.0. The lowest BCUT2D eigenvalue weighted by molar-refractivity contribution is 0.284. The van der Waals surface area contributed by atoms with Gasteiger partial charge in [0.2, 0.25) is 10.0 Å². The summed E-state index contributed by atoms with van der Waals surface area (Å²) >= 11 is 0. The largest absolute Gasteiger partial charge is 0.314 e. The topological polar surface area (TPSA) is 62.3 Å². The van der Waals surface area contributed by atoms with Crippen molar-refractivity contribution in [3.63, 3.8) is 0 Å². The van der Waals surface area contributed by atoms with Gasteiger partial charge in [-0.3, -0.25) is 4.98 Å². The molecule has 1 aromatic heterocycles. The van der Waals surface area contributed by atoms with Crippen molar-refractivity contribution in [1.82, 2.24) is 14.6 Å². The van der Waals surface area contributed by atoms with Gasteiger partial charge in [0.25, 0.3) is 0 Å². The second-order valence-corrected chi connectivity index (χ2v) is 7.31. The number of pyridine rings is 1. The number of aryl methyl sites for hydroxylation is 1. The number of benzene rings is 1. The molecule has 0 saturated carbocycles. The molecule has 1 unspecified atom stereocenters. The predicted molar refractivity (Wildman–Crippen MR) is 90.0 cm³/mol. The Bertz CT molecular complexity index is 779. The van der Waals surface area contributed by atoms with Crippen LogP contribution in [-0.2, 0) is 10.0 Å². The van der Waals surface area contributed by atoms with Gasteiger partial charge >= 0.3 is 0 Å². The van der Waals surface area contributed by atoms with Crippen molar-refractivity contribution in [1.29, 1.82) is 0 Å². The van der Waals surface area contributed by atoms with Crippen LogP contribution < -0.4 is 5.32 Å². The highest BCUT2D eigenvalue weighted by atomic mass is 35.5. The molecule has 0 amide bonds. The summed E-state index contributed by atoms with van der Waals surface area (Å²) in [5, 5.41) is 3.91. The van der Waals surface area contributed by atoms with Gasteiger partial charge in [0, 0.05) is 37.3 Å². The van der Waals surface area contributed by atoms with E-state index in [1.54, 1.807) is 22.6 Å². The molecule has 1 saturated heterocycles. The Labute approximate surface area is 137 Å². The van der Waals surface area contributed by atoms with E-state index >= 15 is 0 Å². The van der Waals surface area contributed by atoms with Gasteiger partial charge in [-0.2, -0.15) is 4.31 Å². The third kappa shape index (κ3) is 2.84. The van der Waals surface area contributed by atoms with Gasteiger partial charge in [-0.05, 0) is 37.6 Å². The molecule has 5 nitrogen and oxygen atoms in total. The van der Waals surface area contributed by atoms with Gasteiger partial charge in [-0.1, -0.05) is 6.07 Å². The number of aromatic nitrogens is 1. The summed E-state index contributed by atoms with van der Waals surface area (Å²) in [6.07, 6.45) is 1.69.